The van der Waals surface area contributed by atoms with Crippen LogP contribution in [0, 0.1) is 10.1 Å². The minimum absolute atomic E-state index is 0.114. The monoisotopic (exact) mass is 290 g/mol. The van der Waals surface area contributed by atoms with E-state index in [0.717, 1.165) is 0 Å². The van der Waals surface area contributed by atoms with Crippen LogP contribution in [-0.2, 0) is 18.3 Å². The lowest BCUT2D eigenvalue weighted by Gasteiger charge is -2.08. The fourth-order valence-electron chi connectivity index (χ4n) is 1.82. The van der Waals surface area contributed by atoms with Crippen molar-refractivity contribution < 1.29 is 14.5 Å². The first-order valence-corrected chi connectivity index (χ1v) is 6.09. The van der Waals surface area contributed by atoms with Crippen molar-refractivity contribution >= 4 is 17.3 Å². The van der Waals surface area contributed by atoms with Gasteiger partial charge in [-0.2, -0.15) is 0 Å². The molecule has 0 aliphatic carbocycles. The van der Waals surface area contributed by atoms with Crippen LogP contribution >= 0.6 is 0 Å². The fourth-order valence-corrected chi connectivity index (χ4v) is 1.82. The summed E-state index contributed by atoms with van der Waals surface area (Å²) in [6, 6.07) is 4.02. The highest BCUT2D eigenvalue weighted by atomic mass is 16.6. The van der Waals surface area contributed by atoms with Gasteiger partial charge >= 0.3 is 5.97 Å². The topological polar surface area (TPSA) is 99.3 Å². The van der Waals surface area contributed by atoms with Crippen molar-refractivity contribution in [3.8, 4) is 0 Å². The highest BCUT2D eigenvalue weighted by molar-refractivity contribution is 5.91. The molecule has 0 unspecified atom stereocenters. The summed E-state index contributed by atoms with van der Waals surface area (Å²) in [5, 5.41) is 14.0. The fraction of sp³-hybridized carbons (Fsp3) is 0.231. The molecule has 0 saturated heterocycles. The summed E-state index contributed by atoms with van der Waals surface area (Å²) in [6.07, 6.45) is 3.41. The Balaban J connectivity index is 2.28. The second-order valence-corrected chi connectivity index (χ2v) is 4.29. The largest absolute Gasteiger partial charge is 0.465 e. The van der Waals surface area contributed by atoms with Crippen LogP contribution in [-0.4, -0.2) is 27.6 Å². The van der Waals surface area contributed by atoms with Gasteiger partial charge in [-0.05, 0) is 12.1 Å². The molecule has 1 aromatic carbocycles. The predicted molar refractivity (Wildman–Crippen MR) is 75.0 cm³/mol. The molecule has 2 rings (SSSR count). The Labute approximate surface area is 120 Å². The Morgan fingerprint density at radius 3 is 2.86 bits per heavy atom. The van der Waals surface area contributed by atoms with Crippen LogP contribution < -0.4 is 5.32 Å². The Bertz CT molecular complexity index is 681. The van der Waals surface area contributed by atoms with Gasteiger partial charge in [-0.1, -0.05) is 0 Å². The molecule has 0 bridgehead atoms. The molecule has 0 spiro atoms. The third kappa shape index (κ3) is 3.16. The molecule has 1 heterocycles. The normalized spacial score (nSPS) is 10.2. The van der Waals surface area contributed by atoms with E-state index in [4.69, 9.17) is 0 Å². The standard InChI is InChI=1S/C13H14N4O4/c1-16-6-5-14-12(16)8-15-10-7-9(13(18)21-2)3-4-11(10)17(19)20/h3-7,15H,8H2,1-2H3. The number of rotatable bonds is 5. The molecule has 0 aliphatic heterocycles. The Morgan fingerprint density at radius 1 is 1.52 bits per heavy atom. The summed E-state index contributed by atoms with van der Waals surface area (Å²) >= 11 is 0. The van der Waals surface area contributed by atoms with Crippen LogP contribution in [0.5, 0.6) is 0 Å². The SMILES string of the molecule is COC(=O)c1ccc([N+](=O)[O-])c(NCc2nccn2C)c1. The van der Waals surface area contributed by atoms with Crippen LogP contribution in [0.3, 0.4) is 0 Å². The van der Waals surface area contributed by atoms with Gasteiger partial charge in [0, 0.05) is 25.5 Å². The van der Waals surface area contributed by atoms with Crippen LogP contribution in [0.25, 0.3) is 0 Å². The van der Waals surface area contributed by atoms with Crippen molar-refractivity contribution in [2.75, 3.05) is 12.4 Å². The molecule has 0 fully saturated rings. The summed E-state index contributed by atoms with van der Waals surface area (Å²) in [4.78, 5) is 26.1. The number of nitro benzene ring substituents is 1. The van der Waals surface area contributed by atoms with Crippen LogP contribution in [0.15, 0.2) is 30.6 Å². The van der Waals surface area contributed by atoms with Crippen molar-refractivity contribution in [1.82, 2.24) is 9.55 Å². The number of hydrogen-bond acceptors (Lipinski definition) is 6. The molecule has 0 amide bonds. The van der Waals surface area contributed by atoms with E-state index in [1.54, 1.807) is 17.0 Å². The Kier molecular flexibility index (Phi) is 4.17. The maximum absolute atomic E-state index is 11.5. The first-order valence-electron chi connectivity index (χ1n) is 6.09. The van der Waals surface area contributed by atoms with E-state index in [2.05, 4.69) is 15.0 Å². The molecule has 2 aromatic rings. The average molecular weight is 290 g/mol. The number of aromatic nitrogens is 2. The molecule has 0 radical (unpaired) electrons. The summed E-state index contributed by atoms with van der Waals surface area (Å²) in [7, 11) is 3.08. The number of nitrogens with zero attached hydrogens (tertiary/aromatic N) is 3. The molecule has 1 aromatic heterocycles. The minimum atomic E-state index is -0.551. The van der Waals surface area contributed by atoms with E-state index in [1.807, 2.05) is 7.05 Å². The zero-order valence-electron chi connectivity index (χ0n) is 11.6. The first kappa shape index (κ1) is 14.5. The van der Waals surface area contributed by atoms with Gasteiger partial charge in [0.25, 0.3) is 5.69 Å². The first-order chi connectivity index (χ1) is 10.0. The van der Waals surface area contributed by atoms with Gasteiger partial charge in [0.2, 0.25) is 0 Å². The zero-order valence-corrected chi connectivity index (χ0v) is 11.6. The van der Waals surface area contributed by atoms with Gasteiger partial charge in [0.1, 0.15) is 11.5 Å². The number of anilines is 1. The number of methoxy groups -OCH3 is 1. The Hall–Kier alpha value is -2.90. The lowest BCUT2D eigenvalue weighted by molar-refractivity contribution is -0.384. The molecule has 0 saturated carbocycles. The predicted octanol–water partition coefficient (Wildman–Crippen LogP) is 1.73. The molecule has 110 valence electrons. The summed E-state index contributed by atoms with van der Waals surface area (Å²) in [6.45, 7) is 0.301. The highest BCUT2D eigenvalue weighted by Gasteiger charge is 2.17. The number of carbonyl (C=O) groups excluding carboxylic acids is 1. The number of hydrogen-bond donors (Lipinski definition) is 1. The molecule has 0 atom stereocenters. The quantitative estimate of drug-likeness (QED) is 0.511. The highest BCUT2D eigenvalue weighted by Crippen LogP contribution is 2.26. The lowest BCUT2D eigenvalue weighted by Crippen LogP contribution is -2.09. The number of imidazole rings is 1. The number of carbonyl (C=O) groups is 1. The zero-order chi connectivity index (χ0) is 15.4. The third-order valence-electron chi connectivity index (χ3n) is 2.97. The molecule has 8 nitrogen and oxygen atoms in total. The van der Waals surface area contributed by atoms with Crippen molar-refractivity contribution in [1.29, 1.82) is 0 Å². The van der Waals surface area contributed by atoms with Crippen LogP contribution in [0.4, 0.5) is 11.4 Å². The number of benzene rings is 1. The number of aryl methyl sites for hydroxylation is 1. The number of nitrogens with one attached hydrogen (secondary N) is 1. The van der Waals surface area contributed by atoms with Gasteiger partial charge in [-0.3, -0.25) is 10.1 Å². The third-order valence-corrected chi connectivity index (χ3v) is 2.97. The van der Waals surface area contributed by atoms with Crippen LogP contribution in [0.1, 0.15) is 16.2 Å². The molecular weight excluding hydrogens is 276 g/mol. The number of nitro groups is 1. The van der Waals surface area contributed by atoms with E-state index in [1.165, 1.54) is 25.3 Å². The maximum atomic E-state index is 11.5. The van der Waals surface area contributed by atoms with Crippen molar-refractivity contribution in [2.24, 2.45) is 7.05 Å². The van der Waals surface area contributed by atoms with Crippen molar-refractivity contribution in [3.05, 3.63) is 52.1 Å². The van der Waals surface area contributed by atoms with Gasteiger partial charge in [0.05, 0.1) is 24.1 Å². The Morgan fingerprint density at radius 2 is 2.29 bits per heavy atom. The van der Waals surface area contributed by atoms with Gasteiger partial charge < -0.3 is 14.6 Å². The van der Waals surface area contributed by atoms with Crippen LogP contribution in [0.2, 0.25) is 0 Å². The van der Waals surface area contributed by atoms with Gasteiger partial charge in [0.15, 0.2) is 0 Å². The minimum Gasteiger partial charge on any atom is -0.465 e. The van der Waals surface area contributed by atoms with E-state index in [0.29, 0.717) is 12.4 Å². The second kappa shape index (κ2) is 6.04. The second-order valence-electron chi connectivity index (χ2n) is 4.29. The van der Waals surface area contributed by atoms with Gasteiger partial charge in [-0.15, -0.1) is 0 Å². The number of ether oxygens (including phenoxy) is 1. The van der Waals surface area contributed by atoms with E-state index in [-0.39, 0.29) is 16.9 Å². The van der Waals surface area contributed by atoms with E-state index >= 15 is 0 Å². The van der Waals surface area contributed by atoms with E-state index in [9.17, 15) is 14.9 Å². The summed E-state index contributed by atoms with van der Waals surface area (Å²) < 4.78 is 6.40. The maximum Gasteiger partial charge on any atom is 0.337 e. The molecule has 8 heteroatoms. The smallest absolute Gasteiger partial charge is 0.337 e. The van der Waals surface area contributed by atoms with Gasteiger partial charge in [-0.25, -0.2) is 9.78 Å². The lowest BCUT2D eigenvalue weighted by atomic mass is 10.1. The molecule has 21 heavy (non-hydrogen) atoms. The molecular formula is C13H14N4O4. The summed E-state index contributed by atoms with van der Waals surface area (Å²) in [5.74, 6) is 0.165. The molecule has 1 N–H and O–H groups in total. The average Bonchev–Trinajstić information content (AvgIpc) is 2.89. The van der Waals surface area contributed by atoms with Crippen molar-refractivity contribution in [2.45, 2.75) is 6.54 Å². The molecule has 0 aliphatic rings. The summed E-state index contributed by atoms with van der Waals surface area (Å²) in [5.41, 5.74) is 0.369. The van der Waals surface area contributed by atoms with Crippen molar-refractivity contribution in [3.63, 3.8) is 0 Å². The van der Waals surface area contributed by atoms with E-state index < -0.39 is 10.9 Å². The number of esters is 1.